The van der Waals surface area contributed by atoms with Crippen molar-refractivity contribution in [3.63, 3.8) is 0 Å². The molecule has 0 aliphatic heterocycles. The zero-order valence-electron chi connectivity index (χ0n) is 14.5. The molecule has 1 atom stereocenters. The second-order valence-electron chi connectivity index (χ2n) is 5.67. The number of hydrogen-bond acceptors (Lipinski definition) is 4. The maximum Gasteiger partial charge on any atom is 0.258 e. The zero-order valence-corrected chi connectivity index (χ0v) is 14.5. The predicted octanol–water partition coefficient (Wildman–Crippen LogP) is 3.37. The van der Waals surface area contributed by atoms with Crippen molar-refractivity contribution in [2.75, 3.05) is 13.7 Å². The highest BCUT2D eigenvalue weighted by Gasteiger charge is 2.18. The van der Waals surface area contributed by atoms with Gasteiger partial charge in [-0.15, -0.1) is 0 Å². The third-order valence-corrected chi connectivity index (χ3v) is 3.86. The first-order valence-electron chi connectivity index (χ1n) is 8.27. The molecule has 26 heavy (non-hydrogen) atoms. The molecule has 1 N–H and O–H groups in total. The Balaban J connectivity index is 1.76. The molecule has 0 unspecified atom stereocenters. The third kappa shape index (κ3) is 4.60. The molecule has 0 aliphatic carbocycles. The molecule has 132 valence electrons. The molecule has 0 aliphatic rings. The average molecular weight is 348 g/mol. The molecule has 0 bridgehead atoms. The van der Waals surface area contributed by atoms with Crippen LogP contribution >= 0.6 is 0 Å². The van der Waals surface area contributed by atoms with Crippen LogP contribution in [0.3, 0.4) is 0 Å². The summed E-state index contributed by atoms with van der Waals surface area (Å²) in [5.41, 5.74) is 1.79. The van der Waals surface area contributed by atoms with Gasteiger partial charge in [-0.1, -0.05) is 36.4 Å². The van der Waals surface area contributed by atoms with E-state index in [1.165, 1.54) is 0 Å². The molecule has 0 saturated heterocycles. The number of benzene rings is 2. The van der Waals surface area contributed by atoms with Crippen LogP contribution in [-0.2, 0) is 4.79 Å². The Morgan fingerprint density at radius 2 is 1.77 bits per heavy atom. The molecule has 0 fully saturated rings. The van der Waals surface area contributed by atoms with Crippen LogP contribution in [0.15, 0.2) is 79.1 Å². The fourth-order valence-electron chi connectivity index (χ4n) is 2.60. The van der Waals surface area contributed by atoms with Gasteiger partial charge < -0.3 is 14.8 Å². The Bertz CT molecular complexity index is 838. The van der Waals surface area contributed by atoms with Crippen molar-refractivity contribution in [1.29, 1.82) is 0 Å². The first-order valence-corrected chi connectivity index (χ1v) is 8.27. The van der Waals surface area contributed by atoms with Gasteiger partial charge in [0, 0.05) is 12.4 Å². The number of hydrogen-bond donors (Lipinski definition) is 1. The van der Waals surface area contributed by atoms with Crippen molar-refractivity contribution in [2.45, 2.75) is 6.04 Å². The van der Waals surface area contributed by atoms with Crippen molar-refractivity contribution in [3.8, 4) is 11.5 Å². The molecule has 5 heteroatoms. The fourth-order valence-corrected chi connectivity index (χ4v) is 2.60. The Morgan fingerprint density at radius 1 is 1.00 bits per heavy atom. The zero-order chi connectivity index (χ0) is 18.2. The molecule has 2 aromatic carbocycles. The number of nitrogens with zero attached hydrogens (tertiary/aromatic N) is 1. The summed E-state index contributed by atoms with van der Waals surface area (Å²) >= 11 is 0. The first kappa shape index (κ1) is 17.5. The summed E-state index contributed by atoms with van der Waals surface area (Å²) in [6.07, 6.45) is 3.44. The Kier molecular flexibility index (Phi) is 5.83. The normalized spacial score (nSPS) is 11.4. The van der Waals surface area contributed by atoms with E-state index in [2.05, 4.69) is 10.3 Å². The minimum atomic E-state index is -0.342. The monoisotopic (exact) mass is 348 g/mol. The van der Waals surface area contributed by atoms with E-state index >= 15 is 0 Å². The van der Waals surface area contributed by atoms with Crippen molar-refractivity contribution in [1.82, 2.24) is 10.3 Å². The number of carbonyl (C=O) groups is 1. The molecule has 1 amide bonds. The number of pyridine rings is 1. The van der Waals surface area contributed by atoms with Crippen molar-refractivity contribution < 1.29 is 14.3 Å². The molecule has 0 radical (unpaired) electrons. The summed E-state index contributed by atoms with van der Waals surface area (Å²) < 4.78 is 10.8. The van der Waals surface area contributed by atoms with Crippen LogP contribution < -0.4 is 14.8 Å². The summed E-state index contributed by atoms with van der Waals surface area (Å²) in [4.78, 5) is 16.6. The number of para-hydroxylation sites is 1. The van der Waals surface area contributed by atoms with E-state index < -0.39 is 0 Å². The molecule has 0 saturated carbocycles. The quantitative estimate of drug-likeness (QED) is 0.711. The molecule has 0 spiro atoms. The number of ether oxygens (including phenoxy) is 2. The largest absolute Gasteiger partial charge is 0.497 e. The van der Waals surface area contributed by atoms with E-state index in [0.29, 0.717) is 5.75 Å². The minimum Gasteiger partial charge on any atom is -0.497 e. The smallest absolute Gasteiger partial charge is 0.258 e. The predicted molar refractivity (Wildman–Crippen MR) is 99.2 cm³/mol. The standard InChI is InChI=1S/C21H20N2O3/c1-25-19-11-5-7-16(13-19)21(17-8-6-12-22-14-17)23-20(24)15-26-18-9-3-2-4-10-18/h2-14,21H,15H2,1H3,(H,23,24)/t21-/m1/s1. The molecule has 5 nitrogen and oxygen atoms in total. The van der Waals surface area contributed by atoms with E-state index in [1.807, 2.05) is 66.7 Å². The van der Waals surface area contributed by atoms with Crippen LogP contribution in [0.4, 0.5) is 0 Å². The van der Waals surface area contributed by atoms with E-state index in [0.717, 1.165) is 16.9 Å². The molecule has 1 aromatic heterocycles. The van der Waals surface area contributed by atoms with Crippen LogP contribution in [0.2, 0.25) is 0 Å². The number of aromatic nitrogens is 1. The van der Waals surface area contributed by atoms with Gasteiger partial charge in [0.15, 0.2) is 6.61 Å². The van der Waals surface area contributed by atoms with Gasteiger partial charge in [-0.3, -0.25) is 9.78 Å². The van der Waals surface area contributed by atoms with Gasteiger partial charge in [-0.25, -0.2) is 0 Å². The first-order chi connectivity index (χ1) is 12.8. The van der Waals surface area contributed by atoms with E-state index in [1.54, 1.807) is 19.5 Å². The van der Waals surface area contributed by atoms with E-state index in [-0.39, 0.29) is 18.6 Å². The van der Waals surface area contributed by atoms with Crippen LogP contribution in [0.5, 0.6) is 11.5 Å². The lowest BCUT2D eigenvalue weighted by Gasteiger charge is -2.20. The lowest BCUT2D eigenvalue weighted by Crippen LogP contribution is -2.33. The van der Waals surface area contributed by atoms with Gasteiger partial charge >= 0.3 is 0 Å². The van der Waals surface area contributed by atoms with Crippen LogP contribution in [0.25, 0.3) is 0 Å². The highest BCUT2D eigenvalue weighted by Crippen LogP contribution is 2.24. The van der Waals surface area contributed by atoms with Crippen molar-refractivity contribution >= 4 is 5.91 Å². The molecule has 3 rings (SSSR count). The summed E-state index contributed by atoms with van der Waals surface area (Å²) in [5, 5.41) is 3.01. The lowest BCUT2D eigenvalue weighted by molar-refractivity contribution is -0.123. The van der Waals surface area contributed by atoms with Crippen LogP contribution in [-0.4, -0.2) is 24.6 Å². The summed E-state index contributed by atoms with van der Waals surface area (Å²) in [6, 6.07) is 20.3. The van der Waals surface area contributed by atoms with Gasteiger partial charge in [-0.2, -0.15) is 0 Å². The highest BCUT2D eigenvalue weighted by molar-refractivity contribution is 5.78. The Labute approximate surface area is 152 Å². The number of rotatable bonds is 7. The third-order valence-electron chi connectivity index (χ3n) is 3.86. The van der Waals surface area contributed by atoms with Gasteiger partial charge in [-0.05, 0) is 41.5 Å². The fraction of sp³-hybridized carbons (Fsp3) is 0.143. The SMILES string of the molecule is COc1cccc([C@@H](NC(=O)COc2ccccc2)c2cccnc2)c1. The van der Waals surface area contributed by atoms with Gasteiger partial charge in [0.2, 0.25) is 0 Å². The van der Waals surface area contributed by atoms with E-state index in [4.69, 9.17) is 9.47 Å². The summed E-state index contributed by atoms with van der Waals surface area (Å²) in [5.74, 6) is 1.17. The molecule has 1 heterocycles. The van der Waals surface area contributed by atoms with Gasteiger partial charge in [0.05, 0.1) is 13.2 Å². The maximum absolute atomic E-state index is 12.4. The van der Waals surface area contributed by atoms with Gasteiger partial charge in [0.1, 0.15) is 11.5 Å². The Hall–Kier alpha value is -3.34. The van der Waals surface area contributed by atoms with Crippen LogP contribution in [0, 0.1) is 0 Å². The van der Waals surface area contributed by atoms with Gasteiger partial charge in [0.25, 0.3) is 5.91 Å². The highest BCUT2D eigenvalue weighted by atomic mass is 16.5. The molecular weight excluding hydrogens is 328 g/mol. The van der Waals surface area contributed by atoms with Crippen molar-refractivity contribution in [3.05, 3.63) is 90.3 Å². The average Bonchev–Trinajstić information content (AvgIpc) is 2.72. The number of nitrogens with one attached hydrogen (secondary N) is 1. The maximum atomic E-state index is 12.4. The lowest BCUT2D eigenvalue weighted by atomic mass is 10.00. The number of methoxy groups -OCH3 is 1. The number of carbonyl (C=O) groups excluding carboxylic acids is 1. The summed E-state index contributed by atoms with van der Waals surface area (Å²) in [6.45, 7) is -0.0647. The Morgan fingerprint density at radius 3 is 2.50 bits per heavy atom. The topological polar surface area (TPSA) is 60.5 Å². The second kappa shape index (κ2) is 8.67. The molecular formula is C21H20N2O3. The van der Waals surface area contributed by atoms with E-state index in [9.17, 15) is 4.79 Å². The number of amides is 1. The van der Waals surface area contributed by atoms with Crippen LogP contribution in [0.1, 0.15) is 17.2 Å². The molecule has 3 aromatic rings. The second-order valence-corrected chi connectivity index (χ2v) is 5.67. The minimum absolute atomic E-state index is 0.0647. The summed E-state index contributed by atoms with van der Waals surface area (Å²) in [7, 11) is 1.62. The van der Waals surface area contributed by atoms with Crippen molar-refractivity contribution in [2.24, 2.45) is 0 Å².